The Hall–Kier alpha value is -4.41. The van der Waals surface area contributed by atoms with Gasteiger partial charge in [-0.3, -0.25) is 4.79 Å². The van der Waals surface area contributed by atoms with Crippen LogP contribution < -0.4 is 10.5 Å². The van der Waals surface area contributed by atoms with Crippen LogP contribution in [0, 0.1) is 22.7 Å². The van der Waals surface area contributed by atoms with Gasteiger partial charge in [0.05, 0.1) is 16.3 Å². The summed E-state index contributed by atoms with van der Waals surface area (Å²) in [6, 6.07) is 19.7. The van der Waals surface area contributed by atoms with Crippen molar-refractivity contribution in [2.24, 2.45) is 0 Å². The molecule has 0 unspecified atom stereocenters. The second-order valence-electron chi connectivity index (χ2n) is 7.27. The van der Waals surface area contributed by atoms with Crippen molar-refractivity contribution in [2.75, 3.05) is 19.0 Å². The van der Waals surface area contributed by atoms with Crippen LogP contribution >= 0.6 is 11.8 Å². The van der Waals surface area contributed by atoms with Crippen LogP contribution in [0.15, 0.2) is 58.4 Å². The molecule has 4 aromatic rings. The average Bonchev–Trinajstić information content (AvgIpc) is 3.36. The zero-order valence-corrected chi connectivity index (χ0v) is 18.6. The first-order chi connectivity index (χ1) is 16.0. The van der Waals surface area contributed by atoms with Crippen molar-refractivity contribution >= 4 is 17.4 Å². The lowest BCUT2D eigenvalue weighted by Crippen LogP contribution is -2.15. The van der Waals surface area contributed by atoms with Crippen molar-refractivity contribution in [3.8, 4) is 34.4 Å². The van der Waals surface area contributed by atoms with E-state index >= 15 is 0 Å². The number of H-pyrrole nitrogens is 2. The molecule has 0 atom stereocenters. The van der Waals surface area contributed by atoms with Crippen LogP contribution in [0.4, 0.5) is 5.69 Å². The van der Waals surface area contributed by atoms with E-state index < -0.39 is 5.56 Å². The van der Waals surface area contributed by atoms with Gasteiger partial charge in [-0.25, -0.2) is 0 Å². The summed E-state index contributed by atoms with van der Waals surface area (Å²) < 4.78 is 0. The van der Waals surface area contributed by atoms with Crippen molar-refractivity contribution < 1.29 is 0 Å². The van der Waals surface area contributed by atoms with E-state index in [4.69, 9.17) is 0 Å². The van der Waals surface area contributed by atoms with E-state index in [0.717, 1.165) is 16.8 Å². The molecule has 10 heteroatoms. The fourth-order valence-corrected chi connectivity index (χ4v) is 4.20. The standard InChI is InChI=1S/C23H18N8OS/c1-31(2)17-9-7-15(8-10-17)14-3-5-16(6-4-14)21-18(11-24)22(32)26-23(19(21)12-25)33-13-20-27-29-30-28-20/h3-10H,13H2,1-2H3,(H,26,32)(H,27,28,29,30). The third-order valence-corrected chi connectivity index (χ3v) is 6.03. The molecule has 2 aromatic heterocycles. The summed E-state index contributed by atoms with van der Waals surface area (Å²) in [5.74, 6) is 0.731. The van der Waals surface area contributed by atoms with E-state index in [0.29, 0.717) is 27.7 Å². The van der Waals surface area contributed by atoms with Crippen LogP contribution in [0.5, 0.6) is 0 Å². The molecule has 0 spiro atoms. The Morgan fingerprint density at radius 2 is 1.55 bits per heavy atom. The van der Waals surface area contributed by atoms with Crippen LogP contribution in [-0.4, -0.2) is 39.7 Å². The average molecular weight is 455 g/mol. The van der Waals surface area contributed by atoms with Gasteiger partial charge in [0.15, 0.2) is 5.82 Å². The van der Waals surface area contributed by atoms with Gasteiger partial charge >= 0.3 is 0 Å². The van der Waals surface area contributed by atoms with Crippen molar-refractivity contribution in [2.45, 2.75) is 10.8 Å². The van der Waals surface area contributed by atoms with Crippen LogP contribution in [0.3, 0.4) is 0 Å². The quantitative estimate of drug-likeness (QED) is 0.423. The summed E-state index contributed by atoms with van der Waals surface area (Å²) in [6.07, 6.45) is 0. The minimum Gasteiger partial charge on any atom is -0.378 e. The highest BCUT2D eigenvalue weighted by Crippen LogP contribution is 2.33. The van der Waals surface area contributed by atoms with Gasteiger partial charge < -0.3 is 9.88 Å². The number of rotatable bonds is 6. The highest BCUT2D eigenvalue weighted by molar-refractivity contribution is 7.98. The first-order valence-corrected chi connectivity index (χ1v) is 10.8. The molecular weight excluding hydrogens is 436 g/mol. The highest BCUT2D eigenvalue weighted by atomic mass is 32.2. The Kier molecular flexibility index (Phi) is 6.20. The molecule has 4 rings (SSSR count). The van der Waals surface area contributed by atoms with Crippen LogP contribution in [0.2, 0.25) is 0 Å². The number of pyridine rings is 1. The van der Waals surface area contributed by atoms with Gasteiger partial charge in [-0.15, -0.1) is 10.2 Å². The molecular formula is C23H18N8OS. The van der Waals surface area contributed by atoms with E-state index in [-0.39, 0.29) is 11.1 Å². The highest BCUT2D eigenvalue weighted by Gasteiger charge is 2.20. The molecule has 2 N–H and O–H groups in total. The SMILES string of the molecule is CN(C)c1ccc(-c2ccc(-c3c(C#N)c(SCc4nn[nH]n4)[nH]c(=O)c3C#N)cc2)cc1. The molecule has 0 aliphatic rings. The van der Waals surface area contributed by atoms with Gasteiger partial charge in [-0.05, 0) is 28.8 Å². The number of benzene rings is 2. The van der Waals surface area contributed by atoms with Gasteiger partial charge in [0.25, 0.3) is 5.56 Å². The van der Waals surface area contributed by atoms with E-state index in [2.05, 4.69) is 31.7 Å². The Morgan fingerprint density at radius 1 is 0.939 bits per heavy atom. The molecule has 9 nitrogen and oxygen atoms in total. The summed E-state index contributed by atoms with van der Waals surface area (Å²) in [5.41, 5.74) is 3.62. The number of nitrogens with one attached hydrogen (secondary N) is 2. The summed E-state index contributed by atoms with van der Waals surface area (Å²) in [4.78, 5) is 17.3. The minimum absolute atomic E-state index is 0.0986. The summed E-state index contributed by atoms with van der Waals surface area (Å²) in [7, 11) is 3.97. The second kappa shape index (κ2) is 9.39. The topological polar surface area (TPSA) is 138 Å². The molecule has 0 saturated heterocycles. The number of thioether (sulfide) groups is 1. The van der Waals surface area contributed by atoms with Crippen molar-refractivity contribution in [1.29, 1.82) is 10.5 Å². The molecule has 2 heterocycles. The smallest absolute Gasteiger partial charge is 0.267 e. The monoisotopic (exact) mass is 454 g/mol. The van der Waals surface area contributed by atoms with Crippen molar-refractivity contribution in [1.82, 2.24) is 25.6 Å². The largest absolute Gasteiger partial charge is 0.378 e. The second-order valence-corrected chi connectivity index (χ2v) is 8.25. The van der Waals surface area contributed by atoms with Gasteiger partial charge in [0.2, 0.25) is 0 Å². The Labute approximate surface area is 193 Å². The maximum atomic E-state index is 12.6. The number of tetrazole rings is 1. The normalized spacial score (nSPS) is 10.4. The van der Waals surface area contributed by atoms with Crippen LogP contribution in [0.25, 0.3) is 22.3 Å². The molecule has 0 bridgehead atoms. The number of nitrogens with zero attached hydrogens (tertiary/aromatic N) is 6. The summed E-state index contributed by atoms with van der Waals surface area (Å²) >= 11 is 1.20. The fraction of sp³-hybridized carbons (Fsp3) is 0.130. The molecule has 162 valence electrons. The summed E-state index contributed by atoms with van der Waals surface area (Å²) in [6.45, 7) is 0. The van der Waals surface area contributed by atoms with Gasteiger partial charge in [0.1, 0.15) is 17.7 Å². The Morgan fingerprint density at radius 3 is 2.09 bits per heavy atom. The molecule has 0 radical (unpaired) electrons. The lowest BCUT2D eigenvalue weighted by atomic mass is 9.95. The van der Waals surface area contributed by atoms with Crippen LogP contribution in [-0.2, 0) is 5.75 Å². The lowest BCUT2D eigenvalue weighted by Gasteiger charge is -2.13. The lowest BCUT2D eigenvalue weighted by molar-refractivity contribution is 0.881. The molecule has 0 fully saturated rings. The van der Waals surface area contributed by atoms with E-state index in [1.165, 1.54) is 11.8 Å². The molecule has 0 saturated carbocycles. The number of hydrogen-bond donors (Lipinski definition) is 2. The Bertz CT molecular complexity index is 1410. The Balaban J connectivity index is 1.73. The first kappa shape index (κ1) is 21.8. The number of nitriles is 2. The van der Waals surface area contributed by atoms with Gasteiger partial charge in [0, 0.05) is 25.3 Å². The van der Waals surface area contributed by atoms with Crippen molar-refractivity contribution in [3.63, 3.8) is 0 Å². The predicted octanol–water partition coefficient (Wildman–Crippen LogP) is 3.32. The van der Waals surface area contributed by atoms with Gasteiger partial charge in [-0.1, -0.05) is 53.4 Å². The number of aromatic amines is 2. The van der Waals surface area contributed by atoms with E-state index in [9.17, 15) is 15.3 Å². The maximum absolute atomic E-state index is 12.6. The third-order valence-electron chi connectivity index (χ3n) is 5.03. The zero-order chi connectivity index (χ0) is 23.4. The molecule has 0 aliphatic heterocycles. The number of aromatic nitrogens is 5. The van der Waals surface area contributed by atoms with Crippen molar-refractivity contribution in [3.05, 3.63) is 75.8 Å². The molecule has 0 aliphatic carbocycles. The first-order valence-electron chi connectivity index (χ1n) is 9.85. The van der Waals surface area contributed by atoms with Gasteiger partial charge in [-0.2, -0.15) is 15.7 Å². The summed E-state index contributed by atoms with van der Waals surface area (Å²) in [5, 5.41) is 33.5. The fourth-order valence-electron chi connectivity index (χ4n) is 3.35. The number of anilines is 1. The molecule has 33 heavy (non-hydrogen) atoms. The number of hydrogen-bond acceptors (Lipinski definition) is 8. The van der Waals surface area contributed by atoms with E-state index in [1.54, 1.807) is 0 Å². The van der Waals surface area contributed by atoms with Crippen LogP contribution in [0.1, 0.15) is 17.0 Å². The third kappa shape index (κ3) is 4.47. The van der Waals surface area contributed by atoms with E-state index in [1.807, 2.05) is 73.6 Å². The maximum Gasteiger partial charge on any atom is 0.267 e. The molecule has 2 aromatic carbocycles. The minimum atomic E-state index is -0.550. The predicted molar refractivity (Wildman–Crippen MR) is 125 cm³/mol. The zero-order valence-electron chi connectivity index (χ0n) is 17.8. The molecule has 0 amide bonds.